The van der Waals surface area contributed by atoms with Crippen molar-refractivity contribution < 1.29 is 9.84 Å². The molecule has 0 fully saturated rings. The molecule has 0 atom stereocenters. The number of aryl methyl sites for hydroxylation is 1. The molecule has 0 spiro atoms. The van der Waals surface area contributed by atoms with Gasteiger partial charge in [0.2, 0.25) is 0 Å². The summed E-state index contributed by atoms with van der Waals surface area (Å²) in [6.45, 7) is 15.2. The maximum atomic E-state index is 9.06. The normalized spacial score (nSPS) is 9.82. The Bertz CT molecular complexity index is 631. The summed E-state index contributed by atoms with van der Waals surface area (Å²) >= 11 is 0. The third kappa shape index (κ3) is 15.8. The summed E-state index contributed by atoms with van der Waals surface area (Å²) < 4.78 is 5.29. The second-order valence-corrected chi connectivity index (χ2v) is 6.23. The van der Waals surface area contributed by atoms with Crippen LogP contribution in [0, 0.1) is 6.92 Å². The first-order valence-corrected chi connectivity index (χ1v) is 9.87. The Labute approximate surface area is 172 Å². The van der Waals surface area contributed by atoms with Gasteiger partial charge in [0.1, 0.15) is 18.1 Å². The lowest BCUT2D eigenvalue weighted by molar-refractivity contribution is 0.328. The topological polar surface area (TPSA) is 81.5 Å². The van der Waals surface area contributed by atoms with Gasteiger partial charge in [0.05, 0.1) is 0 Å². The molecule has 158 valence electrons. The van der Waals surface area contributed by atoms with Gasteiger partial charge in [-0.3, -0.25) is 0 Å². The molecule has 0 aliphatic rings. The average molecular weight is 389 g/mol. The zero-order valence-electron chi connectivity index (χ0n) is 18.7. The number of rotatable bonds is 4. The van der Waals surface area contributed by atoms with Crippen LogP contribution in [0.4, 0.5) is 0 Å². The standard InChI is InChI=1S/C9H13NO.C9H12O.C4H9N.C2H6/c1-8-2-4-9(5-3-8)11-7-6-10;1-7(2)8-4-3-5-9(10)6-8;1-3-4(2)5;1-2/h2-5H,6-7,10H2,1H3;3-7,10H,1-2H3;3H,5H2,1-2H3;1-2H3/b;;4-3+;. The lowest BCUT2D eigenvalue weighted by atomic mass is 10.0. The first-order valence-electron chi connectivity index (χ1n) is 9.87. The second kappa shape index (κ2) is 17.9. The predicted octanol–water partition coefficient (Wildman–Crippen LogP) is 5.74. The summed E-state index contributed by atoms with van der Waals surface area (Å²) in [6, 6.07) is 15.3. The first-order chi connectivity index (χ1) is 13.3. The van der Waals surface area contributed by atoms with Crippen LogP contribution in [0.2, 0.25) is 0 Å². The summed E-state index contributed by atoms with van der Waals surface area (Å²) in [5.74, 6) is 1.74. The van der Waals surface area contributed by atoms with Crippen LogP contribution in [-0.4, -0.2) is 18.3 Å². The minimum Gasteiger partial charge on any atom is -0.508 e. The van der Waals surface area contributed by atoms with Crippen LogP contribution in [0.1, 0.15) is 58.6 Å². The van der Waals surface area contributed by atoms with Crippen LogP contribution >= 0.6 is 0 Å². The number of allylic oxidation sites excluding steroid dienone is 2. The van der Waals surface area contributed by atoms with Gasteiger partial charge in [0.25, 0.3) is 0 Å². The fourth-order valence-corrected chi connectivity index (χ4v) is 1.70. The summed E-state index contributed by atoms with van der Waals surface area (Å²) in [5, 5.41) is 9.06. The number of aromatic hydroxyl groups is 1. The van der Waals surface area contributed by atoms with E-state index in [1.807, 2.05) is 77.1 Å². The Morgan fingerprint density at radius 2 is 1.64 bits per heavy atom. The third-order valence-corrected chi connectivity index (χ3v) is 3.40. The number of hydrogen-bond donors (Lipinski definition) is 3. The van der Waals surface area contributed by atoms with E-state index in [0.29, 0.717) is 24.8 Å². The van der Waals surface area contributed by atoms with E-state index in [2.05, 4.69) is 13.8 Å². The van der Waals surface area contributed by atoms with E-state index in [1.165, 1.54) is 11.1 Å². The molecule has 0 aliphatic carbocycles. The van der Waals surface area contributed by atoms with Gasteiger partial charge in [-0.05, 0) is 56.5 Å². The lowest BCUT2D eigenvalue weighted by Gasteiger charge is -2.03. The minimum atomic E-state index is 0.353. The van der Waals surface area contributed by atoms with E-state index in [0.717, 1.165) is 11.4 Å². The van der Waals surface area contributed by atoms with Crippen molar-refractivity contribution in [1.29, 1.82) is 0 Å². The van der Waals surface area contributed by atoms with Gasteiger partial charge in [0, 0.05) is 12.2 Å². The van der Waals surface area contributed by atoms with Crippen LogP contribution in [0.15, 0.2) is 60.3 Å². The summed E-state index contributed by atoms with van der Waals surface area (Å²) in [5.41, 5.74) is 13.7. The van der Waals surface area contributed by atoms with E-state index >= 15 is 0 Å². The molecule has 0 bridgehead atoms. The van der Waals surface area contributed by atoms with E-state index < -0.39 is 0 Å². The van der Waals surface area contributed by atoms with Crippen LogP contribution in [0.3, 0.4) is 0 Å². The number of ether oxygens (including phenoxy) is 1. The van der Waals surface area contributed by atoms with Crippen molar-refractivity contribution in [3.05, 3.63) is 71.4 Å². The van der Waals surface area contributed by atoms with E-state index in [1.54, 1.807) is 12.1 Å². The number of hydrogen-bond acceptors (Lipinski definition) is 4. The summed E-state index contributed by atoms with van der Waals surface area (Å²) in [4.78, 5) is 0. The Balaban J connectivity index is 0. The first kappa shape index (κ1) is 27.8. The van der Waals surface area contributed by atoms with Crippen LogP contribution in [-0.2, 0) is 0 Å². The van der Waals surface area contributed by atoms with Gasteiger partial charge in [-0.15, -0.1) is 0 Å². The third-order valence-electron chi connectivity index (χ3n) is 3.40. The molecule has 0 saturated carbocycles. The maximum absolute atomic E-state index is 9.06. The molecule has 0 aromatic heterocycles. The van der Waals surface area contributed by atoms with Crippen molar-refractivity contribution in [2.75, 3.05) is 13.2 Å². The summed E-state index contributed by atoms with van der Waals surface area (Å²) in [7, 11) is 0. The van der Waals surface area contributed by atoms with Crippen molar-refractivity contribution in [2.24, 2.45) is 11.5 Å². The highest BCUT2D eigenvalue weighted by molar-refractivity contribution is 5.29. The smallest absolute Gasteiger partial charge is 0.119 e. The Hall–Kier alpha value is -2.46. The number of benzene rings is 2. The molecule has 2 aromatic carbocycles. The number of nitrogens with two attached hydrogens (primary N) is 2. The SMILES string of the molecule is C/C=C(\C)N.CC.CC(C)c1cccc(O)c1.Cc1ccc(OCCN)cc1. The maximum Gasteiger partial charge on any atom is 0.119 e. The minimum absolute atomic E-state index is 0.353. The number of phenols is 1. The van der Waals surface area contributed by atoms with E-state index in [4.69, 9.17) is 21.3 Å². The summed E-state index contributed by atoms with van der Waals surface area (Å²) in [6.07, 6.45) is 1.86. The van der Waals surface area contributed by atoms with Crippen molar-refractivity contribution in [3.8, 4) is 11.5 Å². The predicted molar refractivity (Wildman–Crippen MR) is 123 cm³/mol. The molecule has 5 N–H and O–H groups in total. The molecule has 28 heavy (non-hydrogen) atoms. The van der Waals surface area contributed by atoms with Gasteiger partial charge in [-0.2, -0.15) is 0 Å². The van der Waals surface area contributed by atoms with Crippen molar-refractivity contribution in [3.63, 3.8) is 0 Å². The van der Waals surface area contributed by atoms with Gasteiger partial charge >= 0.3 is 0 Å². The molecule has 4 nitrogen and oxygen atoms in total. The average Bonchev–Trinajstić information content (AvgIpc) is 2.70. The fraction of sp³-hybridized carbons (Fsp3) is 0.417. The Morgan fingerprint density at radius 3 is 2.00 bits per heavy atom. The molecule has 0 saturated heterocycles. The fourth-order valence-electron chi connectivity index (χ4n) is 1.70. The molecule has 2 aromatic rings. The highest BCUT2D eigenvalue weighted by atomic mass is 16.5. The molecule has 0 radical (unpaired) electrons. The van der Waals surface area contributed by atoms with Gasteiger partial charge < -0.3 is 21.3 Å². The van der Waals surface area contributed by atoms with Crippen LogP contribution in [0.25, 0.3) is 0 Å². The highest BCUT2D eigenvalue weighted by Crippen LogP contribution is 2.18. The zero-order valence-corrected chi connectivity index (χ0v) is 18.7. The molecule has 0 aliphatic heterocycles. The zero-order chi connectivity index (χ0) is 21.9. The molecular formula is C24H40N2O2. The second-order valence-electron chi connectivity index (χ2n) is 6.23. The van der Waals surface area contributed by atoms with E-state index in [9.17, 15) is 0 Å². The molecule has 4 heteroatoms. The van der Waals surface area contributed by atoms with Gasteiger partial charge in [-0.1, -0.05) is 63.6 Å². The van der Waals surface area contributed by atoms with Crippen LogP contribution in [0.5, 0.6) is 11.5 Å². The largest absolute Gasteiger partial charge is 0.508 e. The van der Waals surface area contributed by atoms with Crippen molar-refractivity contribution in [2.45, 2.75) is 54.4 Å². The van der Waals surface area contributed by atoms with Gasteiger partial charge in [0.15, 0.2) is 0 Å². The van der Waals surface area contributed by atoms with Crippen molar-refractivity contribution in [1.82, 2.24) is 0 Å². The molecule has 0 amide bonds. The molecule has 0 unspecified atom stereocenters. The van der Waals surface area contributed by atoms with Crippen LogP contribution < -0.4 is 16.2 Å². The quantitative estimate of drug-likeness (QED) is 0.623. The molecule has 2 rings (SSSR count). The molecule has 0 heterocycles. The number of phenolic OH excluding ortho intramolecular Hbond substituents is 1. The Kier molecular flexibility index (Phi) is 17.8. The molecular weight excluding hydrogens is 348 g/mol. The van der Waals surface area contributed by atoms with Crippen molar-refractivity contribution >= 4 is 0 Å². The monoisotopic (exact) mass is 388 g/mol. The highest BCUT2D eigenvalue weighted by Gasteiger charge is 1.97. The van der Waals surface area contributed by atoms with Gasteiger partial charge in [-0.25, -0.2) is 0 Å². The lowest BCUT2D eigenvalue weighted by Crippen LogP contribution is -2.10. The Morgan fingerprint density at radius 1 is 1.11 bits per heavy atom. The van der Waals surface area contributed by atoms with E-state index in [-0.39, 0.29) is 0 Å².